The predicted octanol–water partition coefficient (Wildman–Crippen LogP) is 2.35. The second-order valence-electron chi connectivity index (χ2n) is 7.99. The highest BCUT2D eigenvalue weighted by Crippen LogP contribution is 2.25. The molecule has 0 spiro atoms. The Morgan fingerprint density at radius 3 is 2.12 bits per heavy atom. The number of hydrogen-bond donors (Lipinski definition) is 0. The minimum atomic E-state index is 0.0457. The topological polar surface area (TPSA) is 43.9 Å². The average Bonchev–Trinajstić information content (AvgIpc) is 2.59. The van der Waals surface area contributed by atoms with Crippen molar-refractivity contribution in [2.45, 2.75) is 77.9 Å². The molecule has 0 bridgehead atoms. The average molecular weight is 338 g/mol. The zero-order chi connectivity index (χ0) is 17.9. The molecule has 138 valence electrons. The van der Waals surface area contributed by atoms with Gasteiger partial charge in [-0.25, -0.2) is 0 Å². The molecule has 0 aliphatic carbocycles. The molecule has 0 N–H and O–H groups in total. The van der Waals surface area contributed by atoms with E-state index in [0.29, 0.717) is 6.04 Å². The van der Waals surface area contributed by atoms with Crippen LogP contribution in [0.2, 0.25) is 0 Å². The molecule has 2 aliphatic rings. The van der Waals surface area contributed by atoms with Crippen LogP contribution in [0.1, 0.15) is 59.8 Å². The van der Waals surface area contributed by atoms with Crippen molar-refractivity contribution in [1.29, 1.82) is 0 Å². The van der Waals surface area contributed by atoms with E-state index >= 15 is 0 Å². The highest BCUT2D eigenvalue weighted by atomic mass is 16.2. The largest absolute Gasteiger partial charge is 0.343 e. The molecule has 5 heteroatoms. The molecule has 24 heavy (non-hydrogen) atoms. The number of likely N-dealkylation sites (tertiary alicyclic amines) is 2. The standard InChI is InChI=1S/C19H35N3O2/c1-14(2)20(5)18(23)16-9-12-21(13-10-16)19(24)17-8-6-7-11-22(17)15(3)4/h14-17H,6-13H2,1-5H3/t17-/m1/s1. The van der Waals surface area contributed by atoms with Crippen LogP contribution < -0.4 is 0 Å². The van der Waals surface area contributed by atoms with Gasteiger partial charge in [0.2, 0.25) is 11.8 Å². The molecule has 0 radical (unpaired) electrons. The SMILES string of the molecule is CC(C)N(C)C(=O)C1CCN(C(=O)[C@H]2CCCCN2C(C)C)CC1. The Morgan fingerprint density at radius 1 is 0.958 bits per heavy atom. The highest BCUT2D eigenvalue weighted by molar-refractivity contribution is 5.83. The van der Waals surface area contributed by atoms with Crippen LogP contribution in [0.25, 0.3) is 0 Å². The quantitative estimate of drug-likeness (QED) is 0.791. The number of carbonyl (C=O) groups is 2. The Hall–Kier alpha value is -1.10. The number of piperidine rings is 2. The molecule has 2 rings (SSSR count). The Labute approximate surface area is 147 Å². The van der Waals surface area contributed by atoms with Crippen molar-refractivity contribution in [2.75, 3.05) is 26.7 Å². The summed E-state index contributed by atoms with van der Waals surface area (Å²) in [5.74, 6) is 0.596. The number of amides is 2. The van der Waals surface area contributed by atoms with Gasteiger partial charge in [0.1, 0.15) is 0 Å². The van der Waals surface area contributed by atoms with E-state index in [1.807, 2.05) is 30.7 Å². The molecule has 0 unspecified atom stereocenters. The Balaban J connectivity index is 1.91. The van der Waals surface area contributed by atoms with E-state index in [1.165, 1.54) is 6.42 Å². The summed E-state index contributed by atoms with van der Waals surface area (Å²) in [5.41, 5.74) is 0. The van der Waals surface area contributed by atoms with Crippen LogP contribution in [0.4, 0.5) is 0 Å². The number of nitrogens with zero attached hydrogens (tertiary/aromatic N) is 3. The summed E-state index contributed by atoms with van der Waals surface area (Å²) >= 11 is 0. The molecule has 0 aromatic carbocycles. The minimum Gasteiger partial charge on any atom is -0.343 e. The number of carbonyl (C=O) groups excluding carboxylic acids is 2. The lowest BCUT2D eigenvalue weighted by Crippen LogP contribution is -2.55. The molecule has 5 nitrogen and oxygen atoms in total. The fourth-order valence-corrected chi connectivity index (χ4v) is 3.94. The van der Waals surface area contributed by atoms with E-state index in [-0.39, 0.29) is 29.8 Å². The number of rotatable bonds is 4. The van der Waals surface area contributed by atoms with Gasteiger partial charge in [0.15, 0.2) is 0 Å². The van der Waals surface area contributed by atoms with E-state index in [0.717, 1.165) is 45.3 Å². The molecule has 1 atom stereocenters. The third kappa shape index (κ3) is 4.29. The minimum absolute atomic E-state index is 0.0457. The molecule has 2 fully saturated rings. The fourth-order valence-electron chi connectivity index (χ4n) is 3.94. The van der Waals surface area contributed by atoms with Crippen molar-refractivity contribution in [1.82, 2.24) is 14.7 Å². The van der Waals surface area contributed by atoms with E-state index in [1.54, 1.807) is 0 Å². The van der Waals surface area contributed by atoms with E-state index in [9.17, 15) is 9.59 Å². The lowest BCUT2D eigenvalue weighted by atomic mass is 9.93. The van der Waals surface area contributed by atoms with Gasteiger partial charge in [0, 0.05) is 38.1 Å². The summed E-state index contributed by atoms with van der Waals surface area (Å²) < 4.78 is 0. The third-order valence-electron chi connectivity index (χ3n) is 5.77. The molecule has 2 amide bonds. The van der Waals surface area contributed by atoms with Gasteiger partial charge in [-0.1, -0.05) is 6.42 Å². The highest BCUT2D eigenvalue weighted by Gasteiger charge is 2.36. The van der Waals surface area contributed by atoms with E-state index in [2.05, 4.69) is 18.7 Å². The Morgan fingerprint density at radius 2 is 1.58 bits per heavy atom. The van der Waals surface area contributed by atoms with Crippen LogP contribution in [0.15, 0.2) is 0 Å². The lowest BCUT2D eigenvalue weighted by Gasteiger charge is -2.42. The predicted molar refractivity (Wildman–Crippen MR) is 96.7 cm³/mol. The van der Waals surface area contributed by atoms with Gasteiger partial charge in [0.25, 0.3) is 0 Å². The third-order valence-corrected chi connectivity index (χ3v) is 5.77. The van der Waals surface area contributed by atoms with Crippen LogP contribution in [-0.2, 0) is 9.59 Å². The summed E-state index contributed by atoms with van der Waals surface area (Å²) in [7, 11) is 1.88. The second kappa shape index (κ2) is 8.32. The summed E-state index contributed by atoms with van der Waals surface area (Å²) in [5, 5.41) is 0. The van der Waals surface area contributed by atoms with Crippen LogP contribution >= 0.6 is 0 Å². The Kier molecular flexibility index (Phi) is 6.67. The van der Waals surface area contributed by atoms with Crippen molar-refractivity contribution in [3.63, 3.8) is 0 Å². The molecular formula is C19H35N3O2. The summed E-state index contributed by atoms with van der Waals surface area (Å²) in [6.07, 6.45) is 4.92. The maximum Gasteiger partial charge on any atom is 0.239 e. The number of hydrogen-bond acceptors (Lipinski definition) is 3. The lowest BCUT2D eigenvalue weighted by molar-refractivity contribution is -0.144. The van der Waals surface area contributed by atoms with Crippen molar-refractivity contribution < 1.29 is 9.59 Å². The zero-order valence-electron chi connectivity index (χ0n) is 16.1. The van der Waals surface area contributed by atoms with Gasteiger partial charge in [-0.2, -0.15) is 0 Å². The van der Waals surface area contributed by atoms with Crippen LogP contribution in [-0.4, -0.2) is 71.3 Å². The summed E-state index contributed by atoms with van der Waals surface area (Å²) in [6, 6.07) is 0.696. The zero-order valence-corrected chi connectivity index (χ0v) is 16.1. The molecule has 0 aromatic heterocycles. The van der Waals surface area contributed by atoms with Gasteiger partial charge >= 0.3 is 0 Å². The van der Waals surface area contributed by atoms with Crippen LogP contribution in [0, 0.1) is 5.92 Å². The monoisotopic (exact) mass is 337 g/mol. The summed E-state index contributed by atoms with van der Waals surface area (Å²) in [4.78, 5) is 31.6. The summed E-state index contributed by atoms with van der Waals surface area (Å²) in [6.45, 7) is 10.9. The van der Waals surface area contributed by atoms with Crippen molar-refractivity contribution in [2.24, 2.45) is 5.92 Å². The fraction of sp³-hybridized carbons (Fsp3) is 0.895. The molecular weight excluding hydrogens is 302 g/mol. The maximum atomic E-state index is 13.0. The maximum absolute atomic E-state index is 13.0. The first kappa shape index (κ1) is 19.2. The normalized spacial score (nSPS) is 23.8. The van der Waals surface area contributed by atoms with Gasteiger partial charge in [-0.15, -0.1) is 0 Å². The first-order valence-electron chi connectivity index (χ1n) is 9.64. The van der Waals surface area contributed by atoms with Gasteiger partial charge in [-0.3, -0.25) is 14.5 Å². The molecule has 2 heterocycles. The van der Waals surface area contributed by atoms with E-state index in [4.69, 9.17) is 0 Å². The smallest absolute Gasteiger partial charge is 0.239 e. The Bertz CT molecular complexity index is 442. The van der Waals surface area contributed by atoms with Gasteiger partial charge in [0.05, 0.1) is 6.04 Å². The van der Waals surface area contributed by atoms with Crippen LogP contribution in [0.3, 0.4) is 0 Å². The van der Waals surface area contributed by atoms with Gasteiger partial charge < -0.3 is 9.80 Å². The van der Waals surface area contributed by atoms with Crippen molar-refractivity contribution in [3.8, 4) is 0 Å². The van der Waals surface area contributed by atoms with Crippen molar-refractivity contribution >= 4 is 11.8 Å². The molecule has 2 saturated heterocycles. The second-order valence-corrected chi connectivity index (χ2v) is 7.99. The van der Waals surface area contributed by atoms with Crippen molar-refractivity contribution in [3.05, 3.63) is 0 Å². The van der Waals surface area contributed by atoms with Crippen LogP contribution in [0.5, 0.6) is 0 Å². The molecule has 2 aliphatic heterocycles. The molecule has 0 saturated carbocycles. The van der Waals surface area contributed by atoms with E-state index < -0.39 is 0 Å². The first-order chi connectivity index (χ1) is 11.3. The van der Waals surface area contributed by atoms with Gasteiger partial charge in [-0.05, 0) is 59.9 Å². The first-order valence-corrected chi connectivity index (χ1v) is 9.64. The molecule has 0 aromatic rings.